The minimum absolute atomic E-state index is 0.482. The number of fused-ring (bicyclic) bond motifs is 1. The monoisotopic (exact) mass is 247 g/mol. The summed E-state index contributed by atoms with van der Waals surface area (Å²) >= 11 is 0. The molecule has 0 aromatic heterocycles. The van der Waals surface area contributed by atoms with Gasteiger partial charge >= 0.3 is 0 Å². The van der Waals surface area contributed by atoms with Crippen molar-refractivity contribution in [1.29, 1.82) is 0 Å². The molecule has 4 atom stereocenters. The van der Waals surface area contributed by atoms with Crippen molar-refractivity contribution in [3.05, 3.63) is 10.4 Å². The van der Waals surface area contributed by atoms with E-state index in [1.165, 1.54) is 7.11 Å². The third-order valence-corrected chi connectivity index (χ3v) is 2.72. The smallest absolute Gasteiger partial charge is 0.246 e. The van der Waals surface area contributed by atoms with Gasteiger partial charge in [-0.2, -0.15) is 0 Å². The summed E-state index contributed by atoms with van der Waals surface area (Å²) in [4.78, 5) is 2.51. The number of hydrogen-bond acceptors (Lipinski definition) is 5. The molecule has 2 rings (SSSR count). The van der Waals surface area contributed by atoms with Gasteiger partial charge in [0.05, 0.1) is 6.54 Å². The molecule has 7 nitrogen and oxygen atoms in total. The lowest BCUT2D eigenvalue weighted by Crippen LogP contribution is -2.41. The standard InChI is InChI=1S/C9H14FN3O4/c1-8(2)15-5-6(16-8)9(10,4-12-13-11)17-7(5)14-3/h5-7H,4H2,1-3H3/t5-,6+,7-,9+/m1/s1. The van der Waals surface area contributed by atoms with Crippen LogP contribution < -0.4 is 0 Å². The van der Waals surface area contributed by atoms with Gasteiger partial charge in [0.15, 0.2) is 18.2 Å². The first-order valence-corrected chi connectivity index (χ1v) is 5.18. The third kappa shape index (κ3) is 2.10. The van der Waals surface area contributed by atoms with Crippen LogP contribution >= 0.6 is 0 Å². The van der Waals surface area contributed by atoms with Gasteiger partial charge in [-0.15, -0.1) is 0 Å². The molecule has 0 saturated carbocycles. The van der Waals surface area contributed by atoms with Crippen LogP contribution in [0.4, 0.5) is 4.39 Å². The molecule has 8 heteroatoms. The molecule has 0 amide bonds. The van der Waals surface area contributed by atoms with Crippen LogP contribution in [0.1, 0.15) is 13.8 Å². The number of nitrogens with zero attached hydrogens (tertiary/aromatic N) is 3. The van der Waals surface area contributed by atoms with Gasteiger partial charge in [-0.3, -0.25) is 0 Å². The second-order valence-corrected chi connectivity index (χ2v) is 4.42. The Hall–Kier alpha value is -0.920. The molecule has 0 spiro atoms. The van der Waals surface area contributed by atoms with Gasteiger partial charge in [0, 0.05) is 12.0 Å². The fraction of sp³-hybridized carbons (Fsp3) is 1.00. The van der Waals surface area contributed by atoms with Gasteiger partial charge in [0.2, 0.25) is 5.85 Å². The van der Waals surface area contributed by atoms with E-state index in [4.69, 9.17) is 24.5 Å². The topological polar surface area (TPSA) is 85.7 Å². The Morgan fingerprint density at radius 3 is 2.71 bits per heavy atom. The molecule has 0 aromatic carbocycles. The Morgan fingerprint density at radius 2 is 2.12 bits per heavy atom. The second-order valence-electron chi connectivity index (χ2n) is 4.42. The summed E-state index contributed by atoms with van der Waals surface area (Å²) in [5.41, 5.74) is 8.24. The van der Waals surface area contributed by atoms with E-state index >= 15 is 0 Å². The zero-order valence-electron chi connectivity index (χ0n) is 9.79. The Balaban J connectivity index is 2.23. The number of hydrogen-bond donors (Lipinski definition) is 0. The fourth-order valence-electron chi connectivity index (χ4n) is 2.09. The van der Waals surface area contributed by atoms with E-state index in [1.807, 2.05) is 0 Å². The van der Waals surface area contributed by atoms with Crippen LogP contribution in [0, 0.1) is 0 Å². The van der Waals surface area contributed by atoms with Crippen molar-refractivity contribution in [3.8, 4) is 0 Å². The van der Waals surface area contributed by atoms with E-state index in [2.05, 4.69) is 10.0 Å². The molecule has 2 aliphatic heterocycles. The zero-order valence-corrected chi connectivity index (χ0v) is 9.79. The maximum atomic E-state index is 14.5. The van der Waals surface area contributed by atoms with Crippen molar-refractivity contribution in [2.24, 2.45) is 5.11 Å². The third-order valence-electron chi connectivity index (χ3n) is 2.72. The molecule has 96 valence electrons. The van der Waals surface area contributed by atoms with E-state index in [0.29, 0.717) is 0 Å². The molecule has 2 fully saturated rings. The van der Waals surface area contributed by atoms with Gasteiger partial charge in [0.25, 0.3) is 0 Å². The van der Waals surface area contributed by atoms with Crippen molar-refractivity contribution in [1.82, 2.24) is 0 Å². The highest BCUT2D eigenvalue weighted by atomic mass is 19.2. The van der Waals surface area contributed by atoms with E-state index < -0.39 is 36.7 Å². The highest BCUT2D eigenvalue weighted by Gasteiger charge is 2.64. The van der Waals surface area contributed by atoms with Crippen LogP contribution in [0.5, 0.6) is 0 Å². The minimum atomic E-state index is -2.22. The quantitative estimate of drug-likeness (QED) is 0.429. The molecular weight excluding hydrogens is 233 g/mol. The summed E-state index contributed by atoms with van der Waals surface area (Å²) in [6, 6.07) is 0. The lowest BCUT2D eigenvalue weighted by atomic mass is 10.1. The molecule has 0 aromatic rings. The van der Waals surface area contributed by atoms with Crippen molar-refractivity contribution >= 4 is 0 Å². The van der Waals surface area contributed by atoms with E-state index in [0.717, 1.165) is 0 Å². The summed E-state index contributed by atoms with van der Waals surface area (Å²) in [5.74, 6) is -3.13. The van der Waals surface area contributed by atoms with Gasteiger partial charge in [-0.1, -0.05) is 5.11 Å². The Kier molecular flexibility index (Phi) is 3.01. The number of ether oxygens (including phenoxy) is 4. The predicted octanol–water partition coefficient (Wildman–Crippen LogP) is 1.49. The van der Waals surface area contributed by atoms with Crippen LogP contribution in [0.2, 0.25) is 0 Å². The summed E-state index contributed by atoms with van der Waals surface area (Å²) < 4.78 is 35.4. The van der Waals surface area contributed by atoms with Gasteiger partial charge in [-0.05, 0) is 19.4 Å². The number of halogens is 1. The molecule has 0 bridgehead atoms. The van der Waals surface area contributed by atoms with Gasteiger partial charge < -0.3 is 18.9 Å². The molecule has 2 saturated heterocycles. The van der Waals surface area contributed by atoms with Gasteiger partial charge in [-0.25, -0.2) is 4.39 Å². The molecule has 0 radical (unpaired) electrons. The lowest BCUT2D eigenvalue weighted by molar-refractivity contribution is -0.278. The highest BCUT2D eigenvalue weighted by molar-refractivity contribution is 5.00. The maximum absolute atomic E-state index is 14.5. The van der Waals surface area contributed by atoms with E-state index in [1.54, 1.807) is 13.8 Å². The predicted molar refractivity (Wildman–Crippen MR) is 53.6 cm³/mol. The van der Waals surface area contributed by atoms with Crippen LogP contribution in [0.3, 0.4) is 0 Å². The first kappa shape index (κ1) is 12.5. The van der Waals surface area contributed by atoms with Crippen molar-refractivity contribution in [2.75, 3.05) is 13.7 Å². The summed E-state index contributed by atoms with van der Waals surface area (Å²) in [6.45, 7) is 2.86. The second kappa shape index (κ2) is 4.08. The van der Waals surface area contributed by atoms with Crippen LogP contribution in [0.15, 0.2) is 5.11 Å². The normalized spacial score (nSPS) is 43.2. The molecule has 17 heavy (non-hydrogen) atoms. The van der Waals surface area contributed by atoms with Crippen molar-refractivity contribution in [3.63, 3.8) is 0 Å². The number of methoxy groups -OCH3 is 1. The molecule has 2 aliphatic rings. The Labute approximate surface area is 97.4 Å². The zero-order chi connectivity index (χ0) is 12.7. The summed E-state index contributed by atoms with van der Waals surface area (Å²) in [5, 5.41) is 3.19. The van der Waals surface area contributed by atoms with E-state index in [-0.39, 0.29) is 0 Å². The number of alkyl halides is 1. The Bertz CT molecular complexity index is 360. The van der Waals surface area contributed by atoms with Crippen LogP contribution in [-0.2, 0) is 18.9 Å². The maximum Gasteiger partial charge on any atom is 0.246 e. The molecule has 0 N–H and O–H groups in total. The molecule has 0 aliphatic carbocycles. The Morgan fingerprint density at radius 1 is 1.41 bits per heavy atom. The SMILES string of the molecule is CO[C@@H]1O[C@@](F)(CN=[N+]=[N-])[C@H]2OC(C)(C)O[C@@H]12. The average Bonchev–Trinajstić information content (AvgIpc) is 2.70. The van der Waals surface area contributed by atoms with Crippen molar-refractivity contribution in [2.45, 2.75) is 44.0 Å². The summed E-state index contributed by atoms with van der Waals surface area (Å²) in [6.07, 6.45) is -2.51. The average molecular weight is 247 g/mol. The van der Waals surface area contributed by atoms with Crippen molar-refractivity contribution < 1.29 is 23.3 Å². The first-order chi connectivity index (χ1) is 7.92. The number of rotatable bonds is 3. The fourth-order valence-corrected chi connectivity index (χ4v) is 2.09. The lowest BCUT2D eigenvalue weighted by Gasteiger charge is -2.26. The van der Waals surface area contributed by atoms with Crippen LogP contribution in [0.25, 0.3) is 10.4 Å². The molecule has 0 unspecified atom stereocenters. The number of azide groups is 1. The summed E-state index contributed by atoms with van der Waals surface area (Å²) in [7, 11) is 1.38. The molecule has 2 heterocycles. The van der Waals surface area contributed by atoms with Gasteiger partial charge in [0.1, 0.15) is 6.10 Å². The molecular formula is C9H14FN3O4. The van der Waals surface area contributed by atoms with Crippen LogP contribution in [-0.4, -0.2) is 43.8 Å². The largest absolute Gasteiger partial charge is 0.353 e. The minimum Gasteiger partial charge on any atom is -0.353 e. The first-order valence-electron chi connectivity index (χ1n) is 5.18. The van der Waals surface area contributed by atoms with E-state index in [9.17, 15) is 4.39 Å². The highest BCUT2D eigenvalue weighted by Crippen LogP contribution is 2.45.